The Morgan fingerprint density at radius 3 is 2.78 bits per heavy atom. The minimum Gasteiger partial charge on any atom is -0.497 e. The van der Waals surface area contributed by atoms with E-state index in [1.54, 1.807) is 48.5 Å². The molecule has 0 aromatic heterocycles. The molecule has 7 nitrogen and oxygen atoms in total. The summed E-state index contributed by atoms with van der Waals surface area (Å²) in [7, 11) is 1.51. The van der Waals surface area contributed by atoms with Crippen LogP contribution in [0.4, 0.5) is 16.2 Å². The fourth-order valence-electron chi connectivity index (χ4n) is 3.11. The lowest BCUT2D eigenvalue weighted by molar-refractivity contribution is -0.140. The first-order valence-electron chi connectivity index (χ1n) is 8.87. The zero-order valence-corrected chi connectivity index (χ0v) is 15.4. The lowest BCUT2D eigenvalue weighted by Gasteiger charge is -2.42. The molecule has 3 amide bonds. The van der Waals surface area contributed by atoms with Gasteiger partial charge in [0.25, 0.3) is 11.6 Å². The van der Waals surface area contributed by atoms with E-state index in [-0.39, 0.29) is 0 Å². The maximum atomic E-state index is 13.0. The van der Waals surface area contributed by atoms with E-state index in [9.17, 15) is 14.7 Å². The molecule has 142 valence electrons. The molecule has 0 fully saturated rings. The van der Waals surface area contributed by atoms with Crippen molar-refractivity contribution in [3.8, 4) is 5.75 Å². The Morgan fingerprint density at radius 1 is 1.26 bits per heavy atom. The summed E-state index contributed by atoms with van der Waals surface area (Å²) in [5.74, 6) is -0.144. The van der Waals surface area contributed by atoms with Crippen molar-refractivity contribution in [2.24, 2.45) is 0 Å². The highest BCUT2D eigenvalue weighted by Crippen LogP contribution is 2.40. The quantitative estimate of drug-likeness (QED) is 0.683. The molecule has 0 aliphatic carbocycles. The first-order valence-corrected chi connectivity index (χ1v) is 8.87. The number of aliphatic hydroxyl groups is 1. The number of rotatable bonds is 6. The second kappa shape index (κ2) is 7.67. The fraction of sp³-hybridized carbons (Fsp3) is 0.300. The number of unbranched alkanes of at least 4 members (excludes halogenated alkanes) is 1. The van der Waals surface area contributed by atoms with Gasteiger partial charge in [0.15, 0.2) is 0 Å². The molecule has 7 heteroatoms. The highest BCUT2D eigenvalue weighted by atomic mass is 16.5. The first kappa shape index (κ1) is 18.7. The summed E-state index contributed by atoms with van der Waals surface area (Å²) in [5.41, 5.74) is -1.13. The SMILES string of the molecule is CCCCNC(=O)[C@@]1(O)c2ccccc2NC(=O)N1c1cccc(OC)c1. The average Bonchev–Trinajstić information content (AvgIpc) is 2.68. The van der Waals surface area contributed by atoms with E-state index in [4.69, 9.17) is 4.74 Å². The minimum absolute atomic E-state index is 0.307. The van der Waals surface area contributed by atoms with E-state index < -0.39 is 17.7 Å². The largest absolute Gasteiger partial charge is 0.497 e. The summed E-state index contributed by atoms with van der Waals surface area (Å²) < 4.78 is 5.22. The molecule has 0 unspecified atom stereocenters. The smallest absolute Gasteiger partial charge is 0.329 e. The molecule has 1 aliphatic rings. The lowest BCUT2D eigenvalue weighted by atomic mass is 9.94. The molecule has 0 saturated carbocycles. The zero-order valence-electron chi connectivity index (χ0n) is 15.4. The predicted molar refractivity (Wildman–Crippen MR) is 103 cm³/mol. The van der Waals surface area contributed by atoms with Gasteiger partial charge in [-0.1, -0.05) is 37.6 Å². The Balaban J connectivity index is 2.11. The van der Waals surface area contributed by atoms with Gasteiger partial charge in [-0.15, -0.1) is 0 Å². The van der Waals surface area contributed by atoms with Crippen LogP contribution in [0.1, 0.15) is 25.3 Å². The van der Waals surface area contributed by atoms with Crippen LogP contribution < -0.4 is 20.3 Å². The number of methoxy groups -OCH3 is 1. The topological polar surface area (TPSA) is 90.9 Å². The molecule has 0 bridgehead atoms. The highest BCUT2D eigenvalue weighted by molar-refractivity contribution is 6.11. The van der Waals surface area contributed by atoms with Gasteiger partial charge < -0.3 is 20.5 Å². The van der Waals surface area contributed by atoms with Gasteiger partial charge in [-0.05, 0) is 24.6 Å². The molecule has 1 atom stereocenters. The fourth-order valence-corrected chi connectivity index (χ4v) is 3.11. The number of para-hydroxylation sites is 1. The van der Waals surface area contributed by atoms with E-state index >= 15 is 0 Å². The van der Waals surface area contributed by atoms with Crippen molar-refractivity contribution < 1.29 is 19.4 Å². The average molecular weight is 369 g/mol. The number of carbonyl (C=O) groups is 2. The van der Waals surface area contributed by atoms with Crippen molar-refractivity contribution in [1.82, 2.24) is 5.32 Å². The number of anilines is 2. The van der Waals surface area contributed by atoms with Gasteiger partial charge in [0, 0.05) is 18.2 Å². The summed E-state index contributed by atoms with van der Waals surface area (Å²) in [6, 6.07) is 12.8. The maximum absolute atomic E-state index is 13.0. The van der Waals surface area contributed by atoms with E-state index in [0.29, 0.717) is 29.2 Å². The Morgan fingerprint density at radius 2 is 2.04 bits per heavy atom. The van der Waals surface area contributed by atoms with Crippen LogP contribution >= 0.6 is 0 Å². The standard InChI is InChI=1S/C20H23N3O4/c1-3-4-12-21-18(24)20(26)16-10-5-6-11-17(16)22-19(25)23(20)14-8-7-9-15(13-14)27-2/h5-11,13,26H,3-4,12H2,1-2H3,(H,21,24)(H,22,25)/t20-/m0/s1. The number of nitrogens with one attached hydrogen (secondary N) is 2. The van der Waals surface area contributed by atoms with Gasteiger partial charge in [-0.25, -0.2) is 4.79 Å². The Kier molecular flexibility index (Phi) is 5.32. The number of ether oxygens (including phenoxy) is 1. The molecule has 1 heterocycles. The van der Waals surface area contributed by atoms with Crippen LogP contribution in [0, 0.1) is 0 Å². The van der Waals surface area contributed by atoms with E-state index in [0.717, 1.165) is 17.7 Å². The van der Waals surface area contributed by atoms with Gasteiger partial charge in [0.2, 0.25) is 0 Å². The minimum atomic E-state index is -2.18. The molecule has 0 saturated heterocycles. The molecule has 27 heavy (non-hydrogen) atoms. The lowest BCUT2D eigenvalue weighted by Crippen LogP contribution is -2.62. The third-order valence-electron chi connectivity index (χ3n) is 4.51. The van der Waals surface area contributed by atoms with Crippen molar-refractivity contribution in [1.29, 1.82) is 0 Å². The third-order valence-corrected chi connectivity index (χ3v) is 4.51. The Hall–Kier alpha value is -3.06. The van der Waals surface area contributed by atoms with Crippen molar-refractivity contribution >= 4 is 23.3 Å². The van der Waals surface area contributed by atoms with Gasteiger partial charge in [0.1, 0.15) is 5.75 Å². The second-order valence-electron chi connectivity index (χ2n) is 6.29. The second-order valence-corrected chi connectivity index (χ2v) is 6.29. The molecular weight excluding hydrogens is 346 g/mol. The number of fused-ring (bicyclic) bond motifs is 1. The highest BCUT2D eigenvalue weighted by Gasteiger charge is 2.51. The monoisotopic (exact) mass is 369 g/mol. The van der Waals surface area contributed by atoms with Crippen LogP contribution in [-0.4, -0.2) is 30.7 Å². The number of hydrogen-bond acceptors (Lipinski definition) is 4. The number of nitrogens with zero attached hydrogens (tertiary/aromatic N) is 1. The first-order chi connectivity index (χ1) is 13.0. The van der Waals surface area contributed by atoms with Gasteiger partial charge in [-0.2, -0.15) is 0 Å². The molecule has 0 radical (unpaired) electrons. The molecule has 3 N–H and O–H groups in total. The number of amides is 3. The van der Waals surface area contributed by atoms with Crippen molar-refractivity contribution in [3.05, 3.63) is 54.1 Å². The van der Waals surface area contributed by atoms with Gasteiger partial charge >= 0.3 is 6.03 Å². The summed E-state index contributed by atoms with van der Waals surface area (Å²) in [5, 5.41) is 17.0. The van der Waals surface area contributed by atoms with Gasteiger partial charge in [0.05, 0.1) is 18.5 Å². The van der Waals surface area contributed by atoms with E-state index in [1.807, 2.05) is 6.92 Å². The molecule has 0 spiro atoms. The van der Waals surface area contributed by atoms with Crippen LogP contribution in [0.3, 0.4) is 0 Å². The van der Waals surface area contributed by atoms with Crippen LogP contribution in [0.2, 0.25) is 0 Å². The van der Waals surface area contributed by atoms with E-state index in [2.05, 4.69) is 10.6 Å². The van der Waals surface area contributed by atoms with Crippen LogP contribution in [-0.2, 0) is 10.5 Å². The molecule has 1 aliphatic heterocycles. The normalized spacial score (nSPS) is 18.5. The maximum Gasteiger partial charge on any atom is 0.329 e. The Labute approximate surface area is 157 Å². The summed E-state index contributed by atoms with van der Waals surface area (Å²) >= 11 is 0. The number of urea groups is 1. The van der Waals surface area contributed by atoms with Crippen LogP contribution in [0.15, 0.2) is 48.5 Å². The van der Waals surface area contributed by atoms with E-state index in [1.165, 1.54) is 7.11 Å². The van der Waals surface area contributed by atoms with Crippen molar-refractivity contribution in [2.45, 2.75) is 25.5 Å². The molecular formula is C20H23N3O4. The number of hydrogen-bond donors (Lipinski definition) is 3. The predicted octanol–water partition coefficient (Wildman–Crippen LogP) is 2.81. The van der Waals surface area contributed by atoms with Gasteiger partial charge in [-0.3, -0.25) is 9.69 Å². The number of benzene rings is 2. The summed E-state index contributed by atoms with van der Waals surface area (Å²) in [6.07, 6.45) is 1.67. The molecule has 2 aromatic carbocycles. The van der Waals surface area contributed by atoms with Crippen molar-refractivity contribution in [2.75, 3.05) is 23.9 Å². The van der Waals surface area contributed by atoms with Crippen molar-refractivity contribution in [3.63, 3.8) is 0 Å². The molecule has 3 rings (SSSR count). The molecule has 2 aromatic rings. The summed E-state index contributed by atoms with van der Waals surface area (Å²) in [6.45, 7) is 2.42. The Bertz CT molecular complexity index is 855. The third kappa shape index (κ3) is 3.33. The summed E-state index contributed by atoms with van der Waals surface area (Å²) in [4.78, 5) is 26.9. The van der Waals surface area contributed by atoms with Crippen LogP contribution in [0.5, 0.6) is 5.75 Å². The number of carbonyl (C=O) groups excluding carboxylic acids is 2. The zero-order chi connectivity index (χ0) is 19.4. The van der Waals surface area contributed by atoms with Crippen LogP contribution in [0.25, 0.3) is 0 Å².